The third-order valence-electron chi connectivity index (χ3n) is 4.90. The molecule has 4 aromatic rings. The zero-order valence-electron chi connectivity index (χ0n) is 15.0. The van der Waals surface area contributed by atoms with E-state index in [0.29, 0.717) is 6.54 Å². The van der Waals surface area contributed by atoms with E-state index < -0.39 is 5.92 Å². The van der Waals surface area contributed by atoms with E-state index in [1.54, 1.807) is 23.5 Å². The molecule has 1 aliphatic rings. The highest BCUT2D eigenvalue weighted by Gasteiger charge is 2.43. The van der Waals surface area contributed by atoms with Gasteiger partial charge in [-0.1, -0.05) is 24.3 Å². The van der Waals surface area contributed by atoms with E-state index in [1.165, 1.54) is 0 Å². The van der Waals surface area contributed by atoms with Gasteiger partial charge in [-0.25, -0.2) is 18.3 Å². The predicted molar refractivity (Wildman–Crippen MR) is 102 cm³/mol. The van der Waals surface area contributed by atoms with Gasteiger partial charge >= 0.3 is 0 Å². The van der Waals surface area contributed by atoms with Crippen LogP contribution in [0.2, 0.25) is 0 Å². The van der Waals surface area contributed by atoms with Crippen LogP contribution in [0.3, 0.4) is 0 Å². The van der Waals surface area contributed by atoms with Crippen molar-refractivity contribution < 1.29 is 8.78 Å². The fraction of sp³-hybridized carbons (Fsp3) is 0.190. The van der Waals surface area contributed by atoms with Crippen molar-refractivity contribution in [3.05, 3.63) is 72.7 Å². The summed E-state index contributed by atoms with van der Waals surface area (Å²) < 4.78 is 27.8. The molecule has 0 aliphatic carbocycles. The summed E-state index contributed by atoms with van der Waals surface area (Å²) in [5.41, 5.74) is 5.46. The molecular formula is C21H17F2N5. The Labute approximate surface area is 160 Å². The smallest absolute Gasteiger partial charge is 0.272 e. The minimum Gasteiger partial charge on any atom is -0.287 e. The highest BCUT2D eigenvalue weighted by Crippen LogP contribution is 2.29. The lowest BCUT2D eigenvalue weighted by atomic mass is 10.1. The summed E-state index contributed by atoms with van der Waals surface area (Å²) >= 11 is 0. The molecular weight excluding hydrogens is 360 g/mol. The Morgan fingerprint density at radius 1 is 0.893 bits per heavy atom. The van der Waals surface area contributed by atoms with Gasteiger partial charge in [-0.2, -0.15) is 5.10 Å². The number of pyridine rings is 1. The molecule has 1 aliphatic heterocycles. The Balaban J connectivity index is 1.42. The molecule has 1 saturated heterocycles. The van der Waals surface area contributed by atoms with E-state index >= 15 is 0 Å². The highest BCUT2D eigenvalue weighted by molar-refractivity contribution is 5.65. The molecule has 1 fully saturated rings. The number of alkyl halides is 2. The number of fused-ring (bicyclic) bond motifs is 1. The van der Waals surface area contributed by atoms with Crippen molar-refractivity contribution in [1.29, 1.82) is 0 Å². The average Bonchev–Trinajstić information content (AvgIpc) is 3.11. The largest absolute Gasteiger partial charge is 0.287 e. The lowest BCUT2D eigenvalue weighted by Gasteiger charge is -2.38. The number of rotatable bonds is 4. The van der Waals surface area contributed by atoms with Crippen molar-refractivity contribution in [3.8, 4) is 22.5 Å². The van der Waals surface area contributed by atoms with Gasteiger partial charge in [0.1, 0.15) is 0 Å². The van der Waals surface area contributed by atoms with Crippen molar-refractivity contribution in [2.24, 2.45) is 0 Å². The van der Waals surface area contributed by atoms with Crippen LogP contribution in [0.15, 0.2) is 67.1 Å². The number of imidazole rings is 1. The number of likely N-dealkylation sites (tertiary alicyclic amines) is 1. The number of aromatic nitrogens is 4. The first-order chi connectivity index (χ1) is 13.6. The standard InChI is InChI=1S/C21H17F2N5/c22-21(23)13-27(14-21)12-15-1-3-17(4-2-15)19-11-25-20-6-5-18(26-28(19)20)16-7-9-24-10-8-16/h1-11H,12-14H2. The highest BCUT2D eigenvalue weighted by atomic mass is 19.3. The lowest BCUT2D eigenvalue weighted by molar-refractivity contribution is -0.133. The molecule has 0 unspecified atom stereocenters. The molecule has 0 spiro atoms. The van der Waals surface area contributed by atoms with Crippen LogP contribution in [0.5, 0.6) is 0 Å². The lowest BCUT2D eigenvalue weighted by Crippen LogP contribution is -2.55. The van der Waals surface area contributed by atoms with E-state index in [4.69, 9.17) is 5.10 Å². The SMILES string of the molecule is FC1(F)CN(Cc2ccc(-c3cnc4ccc(-c5ccncc5)nn34)cc2)C1. The Bertz CT molecular complexity index is 1110. The van der Waals surface area contributed by atoms with Gasteiger partial charge in [0.15, 0.2) is 5.65 Å². The second-order valence-corrected chi connectivity index (χ2v) is 7.07. The van der Waals surface area contributed by atoms with Gasteiger partial charge in [0.2, 0.25) is 0 Å². The van der Waals surface area contributed by atoms with Crippen LogP contribution >= 0.6 is 0 Å². The molecule has 5 nitrogen and oxygen atoms in total. The molecule has 0 bridgehead atoms. The van der Waals surface area contributed by atoms with E-state index in [9.17, 15) is 8.78 Å². The topological polar surface area (TPSA) is 46.3 Å². The molecule has 140 valence electrons. The van der Waals surface area contributed by atoms with Crippen LogP contribution < -0.4 is 0 Å². The maximum absolute atomic E-state index is 13.0. The Morgan fingerprint density at radius 2 is 1.64 bits per heavy atom. The first-order valence-corrected chi connectivity index (χ1v) is 9.02. The molecule has 0 amide bonds. The quantitative estimate of drug-likeness (QED) is 0.541. The van der Waals surface area contributed by atoms with Gasteiger partial charge in [-0.15, -0.1) is 0 Å². The molecule has 7 heteroatoms. The number of benzene rings is 1. The first kappa shape index (κ1) is 16.9. The molecule has 0 atom stereocenters. The van der Waals surface area contributed by atoms with Gasteiger partial charge in [0.25, 0.3) is 5.92 Å². The first-order valence-electron chi connectivity index (χ1n) is 9.02. The summed E-state index contributed by atoms with van der Waals surface area (Å²) in [4.78, 5) is 10.2. The van der Waals surface area contributed by atoms with Crippen LogP contribution in [0.1, 0.15) is 5.56 Å². The number of hydrogen-bond donors (Lipinski definition) is 0. The summed E-state index contributed by atoms with van der Waals surface area (Å²) in [7, 11) is 0. The maximum atomic E-state index is 13.0. The van der Waals surface area contributed by atoms with Gasteiger partial charge in [0, 0.05) is 30.1 Å². The minimum absolute atomic E-state index is 0.163. The van der Waals surface area contributed by atoms with Crippen molar-refractivity contribution in [3.63, 3.8) is 0 Å². The Morgan fingerprint density at radius 3 is 2.36 bits per heavy atom. The zero-order valence-corrected chi connectivity index (χ0v) is 15.0. The second-order valence-electron chi connectivity index (χ2n) is 7.07. The van der Waals surface area contributed by atoms with E-state index in [-0.39, 0.29) is 13.1 Å². The van der Waals surface area contributed by atoms with Crippen LogP contribution in [0.4, 0.5) is 8.78 Å². The normalized spacial score (nSPS) is 16.2. The summed E-state index contributed by atoms with van der Waals surface area (Å²) in [6.07, 6.45) is 5.27. The molecule has 0 radical (unpaired) electrons. The molecule has 28 heavy (non-hydrogen) atoms. The minimum atomic E-state index is -2.53. The second kappa shape index (κ2) is 6.45. The third-order valence-corrected chi connectivity index (χ3v) is 4.90. The Kier molecular flexibility index (Phi) is 3.91. The predicted octanol–water partition coefficient (Wildman–Crippen LogP) is 3.91. The van der Waals surface area contributed by atoms with Crippen LogP contribution in [0.25, 0.3) is 28.2 Å². The summed E-state index contributed by atoms with van der Waals surface area (Å²) in [5, 5.41) is 4.73. The van der Waals surface area contributed by atoms with E-state index in [2.05, 4.69) is 9.97 Å². The summed E-state index contributed by atoms with van der Waals surface area (Å²) in [5.74, 6) is -2.53. The average molecular weight is 377 g/mol. The third kappa shape index (κ3) is 3.14. The number of hydrogen-bond acceptors (Lipinski definition) is 4. The van der Waals surface area contributed by atoms with Crippen molar-refractivity contribution in [2.45, 2.75) is 12.5 Å². The molecule has 1 aromatic carbocycles. The summed E-state index contributed by atoms with van der Waals surface area (Å²) in [6, 6.07) is 15.6. The fourth-order valence-corrected chi connectivity index (χ4v) is 3.51. The van der Waals surface area contributed by atoms with Gasteiger partial charge in [-0.05, 0) is 29.8 Å². The molecule has 0 saturated carbocycles. The van der Waals surface area contributed by atoms with Crippen LogP contribution in [0, 0.1) is 0 Å². The number of nitrogens with zero attached hydrogens (tertiary/aromatic N) is 5. The zero-order chi connectivity index (χ0) is 19.1. The summed E-state index contributed by atoms with van der Waals surface area (Å²) in [6.45, 7) is 0.209. The number of halogens is 2. The van der Waals surface area contributed by atoms with Gasteiger partial charge < -0.3 is 0 Å². The Hall–Kier alpha value is -3.19. The van der Waals surface area contributed by atoms with E-state index in [0.717, 1.165) is 33.7 Å². The molecule has 5 rings (SSSR count). The van der Waals surface area contributed by atoms with Crippen molar-refractivity contribution >= 4 is 5.65 Å². The van der Waals surface area contributed by atoms with Crippen molar-refractivity contribution in [2.75, 3.05) is 13.1 Å². The molecule has 0 N–H and O–H groups in total. The van der Waals surface area contributed by atoms with Gasteiger partial charge in [-0.3, -0.25) is 9.88 Å². The van der Waals surface area contributed by atoms with E-state index in [1.807, 2.05) is 53.0 Å². The molecule has 4 heterocycles. The maximum Gasteiger partial charge on any atom is 0.272 e. The van der Waals surface area contributed by atoms with Gasteiger partial charge in [0.05, 0.1) is 30.7 Å². The van der Waals surface area contributed by atoms with Crippen molar-refractivity contribution in [1.82, 2.24) is 24.5 Å². The fourth-order valence-electron chi connectivity index (χ4n) is 3.51. The van der Waals surface area contributed by atoms with Crippen LogP contribution in [-0.4, -0.2) is 43.5 Å². The monoisotopic (exact) mass is 377 g/mol. The van der Waals surface area contributed by atoms with Crippen LogP contribution in [-0.2, 0) is 6.54 Å². The molecule has 3 aromatic heterocycles.